The molecule has 2 heterocycles. The van der Waals surface area contributed by atoms with Crippen molar-refractivity contribution in [2.45, 2.75) is 32.2 Å². The van der Waals surface area contributed by atoms with Gasteiger partial charge in [-0.2, -0.15) is 0 Å². The van der Waals surface area contributed by atoms with E-state index in [2.05, 4.69) is 4.98 Å². The van der Waals surface area contributed by atoms with Crippen LogP contribution in [0.5, 0.6) is 0 Å². The zero-order chi connectivity index (χ0) is 14.5. The van der Waals surface area contributed by atoms with Gasteiger partial charge in [0, 0.05) is 39.0 Å². The molecule has 1 saturated heterocycles. The first-order valence-corrected chi connectivity index (χ1v) is 7.06. The zero-order valence-corrected chi connectivity index (χ0v) is 12.1. The number of nitrogens with zero attached hydrogens (tertiary/aromatic N) is 3. The second kappa shape index (κ2) is 6.50. The van der Waals surface area contributed by atoms with Gasteiger partial charge in [-0.1, -0.05) is 0 Å². The molecule has 1 aromatic heterocycles. The fourth-order valence-corrected chi connectivity index (χ4v) is 2.54. The molecule has 2 amide bonds. The third-order valence-electron chi connectivity index (χ3n) is 3.89. The molecule has 108 valence electrons. The smallest absolute Gasteiger partial charge is 0.245 e. The normalized spacial score (nSPS) is 18.4. The molecule has 1 fully saturated rings. The molecule has 0 saturated carbocycles. The maximum absolute atomic E-state index is 12.5. The molecule has 0 aliphatic carbocycles. The van der Waals surface area contributed by atoms with Crippen LogP contribution in [0.3, 0.4) is 0 Å². The lowest BCUT2D eigenvalue weighted by Crippen LogP contribution is -2.45. The molecule has 0 spiro atoms. The van der Waals surface area contributed by atoms with E-state index in [1.54, 1.807) is 24.3 Å². The molecule has 5 heteroatoms. The summed E-state index contributed by atoms with van der Waals surface area (Å²) in [5.74, 6) is 0.128. The van der Waals surface area contributed by atoms with Gasteiger partial charge in [0.05, 0.1) is 0 Å². The minimum absolute atomic E-state index is 0.0635. The van der Waals surface area contributed by atoms with E-state index in [0.29, 0.717) is 25.9 Å². The van der Waals surface area contributed by atoms with E-state index in [1.807, 2.05) is 24.0 Å². The van der Waals surface area contributed by atoms with Gasteiger partial charge in [0.25, 0.3) is 0 Å². The Bertz CT molecular complexity index is 475. The Hall–Kier alpha value is -1.91. The van der Waals surface area contributed by atoms with Gasteiger partial charge < -0.3 is 9.80 Å². The first-order chi connectivity index (χ1) is 9.63. The number of amides is 2. The predicted molar refractivity (Wildman–Crippen MR) is 76.0 cm³/mol. The average Bonchev–Trinajstić information content (AvgIpc) is 2.80. The highest BCUT2D eigenvalue weighted by Gasteiger charge is 2.35. The number of hydrogen-bond acceptors (Lipinski definition) is 3. The summed E-state index contributed by atoms with van der Waals surface area (Å²) in [6.45, 7) is 3.32. The fourth-order valence-electron chi connectivity index (χ4n) is 2.54. The number of pyridine rings is 1. The summed E-state index contributed by atoms with van der Waals surface area (Å²) in [6.07, 6.45) is 5.45. The number of carbonyl (C=O) groups excluding carboxylic acids is 2. The summed E-state index contributed by atoms with van der Waals surface area (Å²) >= 11 is 0. The summed E-state index contributed by atoms with van der Waals surface area (Å²) < 4.78 is 0. The largest absolute Gasteiger partial charge is 0.341 e. The van der Waals surface area contributed by atoms with Gasteiger partial charge in [0.2, 0.25) is 11.8 Å². The molecule has 1 aromatic rings. The topological polar surface area (TPSA) is 53.5 Å². The highest BCUT2D eigenvalue weighted by atomic mass is 16.2. The van der Waals surface area contributed by atoms with Crippen molar-refractivity contribution in [3.8, 4) is 0 Å². The summed E-state index contributed by atoms with van der Waals surface area (Å²) in [5, 5.41) is 0. The lowest BCUT2D eigenvalue weighted by Gasteiger charge is -2.27. The molecule has 2 rings (SSSR count). The molecule has 1 aliphatic rings. The maximum Gasteiger partial charge on any atom is 0.245 e. The molecule has 0 N–H and O–H groups in total. The van der Waals surface area contributed by atoms with Crippen molar-refractivity contribution in [1.29, 1.82) is 0 Å². The molecule has 5 nitrogen and oxygen atoms in total. The molecule has 0 aromatic carbocycles. The number of aromatic nitrogens is 1. The summed E-state index contributed by atoms with van der Waals surface area (Å²) in [7, 11) is 1.72. The summed E-state index contributed by atoms with van der Waals surface area (Å²) in [6, 6.07) is 3.65. The lowest BCUT2D eigenvalue weighted by molar-refractivity contribution is -0.140. The third-order valence-corrected chi connectivity index (χ3v) is 3.89. The van der Waals surface area contributed by atoms with Crippen LogP contribution >= 0.6 is 0 Å². The SMILES string of the molecule is CCN(CCc1ccncc1)C(=O)C1CCC(=O)N1C. The van der Waals surface area contributed by atoms with Gasteiger partial charge in [0.15, 0.2) is 0 Å². The molecule has 0 bridgehead atoms. The van der Waals surface area contributed by atoms with Crippen molar-refractivity contribution in [2.75, 3.05) is 20.1 Å². The number of likely N-dealkylation sites (tertiary alicyclic amines) is 1. The van der Waals surface area contributed by atoms with Crippen molar-refractivity contribution < 1.29 is 9.59 Å². The fraction of sp³-hybridized carbons (Fsp3) is 0.533. The van der Waals surface area contributed by atoms with Crippen molar-refractivity contribution in [2.24, 2.45) is 0 Å². The third kappa shape index (κ3) is 3.15. The Balaban J connectivity index is 1.94. The second-order valence-electron chi connectivity index (χ2n) is 5.08. The van der Waals surface area contributed by atoms with Crippen LogP contribution in [0.1, 0.15) is 25.3 Å². The first-order valence-electron chi connectivity index (χ1n) is 7.06. The van der Waals surface area contributed by atoms with E-state index >= 15 is 0 Å². The van der Waals surface area contributed by atoms with E-state index < -0.39 is 0 Å². The molecular weight excluding hydrogens is 254 g/mol. The second-order valence-corrected chi connectivity index (χ2v) is 5.08. The molecule has 1 aliphatic heterocycles. The minimum Gasteiger partial charge on any atom is -0.341 e. The van der Waals surface area contributed by atoms with Crippen molar-refractivity contribution >= 4 is 11.8 Å². The van der Waals surface area contributed by atoms with Gasteiger partial charge in [0.1, 0.15) is 6.04 Å². The zero-order valence-electron chi connectivity index (χ0n) is 12.1. The van der Waals surface area contributed by atoms with Crippen molar-refractivity contribution in [3.05, 3.63) is 30.1 Å². The number of carbonyl (C=O) groups is 2. The van der Waals surface area contributed by atoms with Gasteiger partial charge in [-0.15, -0.1) is 0 Å². The van der Waals surface area contributed by atoms with Gasteiger partial charge >= 0.3 is 0 Å². The minimum atomic E-state index is -0.278. The molecular formula is C15H21N3O2. The van der Waals surface area contributed by atoms with E-state index in [9.17, 15) is 9.59 Å². The number of likely N-dealkylation sites (N-methyl/N-ethyl adjacent to an activating group) is 2. The molecule has 20 heavy (non-hydrogen) atoms. The Kier molecular flexibility index (Phi) is 4.71. The van der Waals surface area contributed by atoms with Crippen LogP contribution in [-0.4, -0.2) is 52.8 Å². The first kappa shape index (κ1) is 14.5. The number of rotatable bonds is 5. The van der Waals surface area contributed by atoms with Crippen molar-refractivity contribution in [1.82, 2.24) is 14.8 Å². The highest BCUT2D eigenvalue weighted by Crippen LogP contribution is 2.18. The maximum atomic E-state index is 12.5. The standard InChI is InChI=1S/C15H21N3O2/c1-3-18(11-8-12-6-9-16-10-7-12)15(20)13-4-5-14(19)17(13)2/h6-7,9-10,13H,3-5,8,11H2,1-2H3. The summed E-state index contributed by atoms with van der Waals surface area (Å²) in [4.78, 5) is 31.4. The van der Waals surface area contributed by atoms with E-state index in [-0.39, 0.29) is 17.9 Å². The highest BCUT2D eigenvalue weighted by molar-refractivity contribution is 5.90. The van der Waals surface area contributed by atoms with E-state index in [0.717, 1.165) is 6.42 Å². The van der Waals surface area contributed by atoms with Crippen molar-refractivity contribution in [3.63, 3.8) is 0 Å². The van der Waals surface area contributed by atoms with Crippen LogP contribution in [-0.2, 0) is 16.0 Å². The van der Waals surface area contributed by atoms with Crippen LogP contribution in [0.4, 0.5) is 0 Å². The van der Waals surface area contributed by atoms with E-state index in [1.165, 1.54) is 5.56 Å². The molecule has 1 atom stereocenters. The lowest BCUT2D eigenvalue weighted by atomic mass is 10.1. The van der Waals surface area contributed by atoms with E-state index in [4.69, 9.17) is 0 Å². The van der Waals surface area contributed by atoms with Crippen LogP contribution in [0.2, 0.25) is 0 Å². The van der Waals surface area contributed by atoms with Crippen LogP contribution in [0.25, 0.3) is 0 Å². The Morgan fingerprint density at radius 1 is 1.45 bits per heavy atom. The molecule has 1 unspecified atom stereocenters. The van der Waals surface area contributed by atoms with Gasteiger partial charge in [-0.3, -0.25) is 14.6 Å². The summed E-state index contributed by atoms with van der Waals surface area (Å²) in [5.41, 5.74) is 1.17. The van der Waals surface area contributed by atoms with Crippen LogP contribution in [0.15, 0.2) is 24.5 Å². The Morgan fingerprint density at radius 3 is 2.70 bits per heavy atom. The average molecular weight is 275 g/mol. The number of hydrogen-bond donors (Lipinski definition) is 0. The Morgan fingerprint density at radius 2 is 2.15 bits per heavy atom. The van der Waals surface area contributed by atoms with Gasteiger partial charge in [-0.25, -0.2) is 0 Å². The van der Waals surface area contributed by atoms with Gasteiger partial charge in [-0.05, 0) is 37.5 Å². The monoisotopic (exact) mass is 275 g/mol. The quantitative estimate of drug-likeness (QED) is 0.808. The predicted octanol–water partition coefficient (Wildman–Crippen LogP) is 1.09. The Labute approximate surface area is 119 Å². The van der Waals surface area contributed by atoms with Crippen LogP contribution in [0, 0.1) is 0 Å². The molecule has 0 radical (unpaired) electrons. The van der Waals surface area contributed by atoms with Crippen LogP contribution < -0.4 is 0 Å².